The predicted octanol–water partition coefficient (Wildman–Crippen LogP) is 1.29. The second-order valence-electron chi connectivity index (χ2n) is 2.56. The Morgan fingerprint density at radius 1 is 1.55 bits per heavy atom. The molecule has 0 unspecified atom stereocenters. The summed E-state index contributed by atoms with van der Waals surface area (Å²) in [5.74, 6) is -0.283. The number of hydrogen-bond donors (Lipinski definition) is 0. The van der Waals surface area contributed by atoms with Crippen molar-refractivity contribution in [3.8, 4) is 0 Å². The lowest BCUT2D eigenvalue weighted by Gasteiger charge is -2.14. The molecule has 1 aromatic heterocycles. The summed E-state index contributed by atoms with van der Waals surface area (Å²) in [5.41, 5.74) is 1.86. The van der Waals surface area contributed by atoms with Gasteiger partial charge in [0.25, 0.3) is 0 Å². The van der Waals surface area contributed by atoms with E-state index in [9.17, 15) is 4.39 Å². The first-order valence-corrected chi connectivity index (χ1v) is 3.57. The molecular weight excluding hydrogens is 145 g/mol. The number of fused-ring (bicyclic) bond motifs is 1. The zero-order chi connectivity index (χ0) is 7.68. The fourth-order valence-electron chi connectivity index (χ4n) is 1.21. The summed E-state index contributed by atoms with van der Waals surface area (Å²) in [6, 6.07) is 1.49. The Morgan fingerprint density at radius 3 is 3.36 bits per heavy atom. The lowest BCUT2D eigenvalue weighted by Crippen LogP contribution is -2.11. The van der Waals surface area contributed by atoms with E-state index in [1.807, 2.05) is 0 Å². The number of hydrogen-bond acceptors (Lipinski definition) is 2. The fraction of sp³-hybridized carbons (Fsp3) is 0.375. The summed E-state index contributed by atoms with van der Waals surface area (Å²) >= 11 is 0. The summed E-state index contributed by atoms with van der Waals surface area (Å²) < 4.78 is 17.7. The molecule has 0 saturated heterocycles. The first-order chi connectivity index (χ1) is 5.36. The van der Waals surface area contributed by atoms with Gasteiger partial charge in [0.2, 0.25) is 0 Å². The number of pyridine rings is 1. The molecule has 0 bridgehead atoms. The van der Waals surface area contributed by atoms with Gasteiger partial charge in [-0.15, -0.1) is 0 Å². The summed E-state index contributed by atoms with van der Waals surface area (Å²) in [7, 11) is 0. The third-order valence-electron chi connectivity index (χ3n) is 1.77. The highest BCUT2D eigenvalue weighted by molar-refractivity contribution is 5.21. The van der Waals surface area contributed by atoms with Crippen LogP contribution in [0.15, 0.2) is 12.3 Å². The van der Waals surface area contributed by atoms with E-state index < -0.39 is 0 Å². The molecule has 1 aromatic rings. The van der Waals surface area contributed by atoms with Crippen molar-refractivity contribution in [3.05, 3.63) is 29.3 Å². The van der Waals surface area contributed by atoms with E-state index in [2.05, 4.69) is 4.98 Å². The molecule has 2 heterocycles. The average molecular weight is 153 g/mol. The minimum absolute atomic E-state index is 0.283. The maximum absolute atomic E-state index is 12.6. The van der Waals surface area contributed by atoms with Crippen LogP contribution in [-0.4, -0.2) is 11.6 Å². The van der Waals surface area contributed by atoms with Crippen LogP contribution in [0.5, 0.6) is 0 Å². The van der Waals surface area contributed by atoms with Gasteiger partial charge in [-0.25, -0.2) is 4.39 Å². The van der Waals surface area contributed by atoms with E-state index in [1.165, 1.54) is 12.3 Å². The molecule has 0 fully saturated rings. The maximum Gasteiger partial charge on any atom is 0.141 e. The lowest BCUT2D eigenvalue weighted by molar-refractivity contribution is 0.109. The zero-order valence-corrected chi connectivity index (χ0v) is 6.01. The van der Waals surface area contributed by atoms with E-state index >= 15 is 0 Å². The molecule has 1 aliphatic rings. The molecule has 0 saturated carbocycles. The molecule has 1 aliphatic heterocycles. The van der Waals surface area contributed by atoms with Crippen LogP contribution in [0.25, 0.3) is 0 Å². The number of aromatic nitrogens is 1. The Bertz CT molecular complexity index is 275. The fourth-order valence-corrected chi connectivity index (χ4v) is 1.21. The van der Waals surface area contributed by atoms with Crippen molar-refractivity contribution in [2.24, 2.45) is 0 Å². The van der Waals surface area contributed by atoms with Gasteiger partial charge < -0.3 is 4.74 Å². The summed E-state index contributed by atoms with van der Waals surface area (Å²) in [4.78, 5) is 3.96. The monoisotopic (exact) mass is 153 g/mol. The normalized spacial score (nSPS) is 16.1. The first kappa shape index (κ1) is 6.73. The third kappa shape index (κ3) is 1.24. The standard InChI is InChI=1S/C8H8FNO/c9-7-3-6-5-11-2-1-8(6)10-4-7/h3-4H,1-2,5H2. The van der Waals surface area contributed by atoms with E-state index in [0.29, 0.717) is 13.2 Å². The average Bonchev–Trinajstić information content (AvgIpc) is 2.04. The molecule has 0 spiro atoms. The highest BCUT2D eigenvalue weighted by Gasteiger charge is 2.10. The molecule has 0 amide bonds. The first-order valence-electron chi connectivity index (χ1n) is 3.57. The van der Waals surface area contributed by atoms with Crippen LogP contribution in [0.2, 0.25) is 0 Å². The van der Waals surface area contributed by atoms with Gasteiger partial charge >= 0.3 is 0 Å². The minimum atomic E-state index is -0.283. The van der Waals surface area contributed by atoms with Crippen molar-refractivity contribution in [2.45, 2.75) is 13.0 Å². The van der Waals surface area contributed by atoms with Crippen molar-refractivity contribution in [2.75, 3.05) is 6.61 Å². The second-order valence-corrected chi connectivity index (χ2v) is 2.56. The Labute approximate surface area is 64.0 Å². The maximum atomic E-state index is 12.6. The molecule has 0 N–H and O–H groups in total. The van der Waals surface area contributed by atoms with Crippen LogP contribution in [0.1, 0.15) is 11.3 Å². The molecule has 0 aliphatic carbocycles. The van der Waals surface area contributed by atoms with Gasteiger partial charge in [0, 0.05) is 17.7 Å². The number of halogens is 1. The molecule has 58 valence electrons. The van der Waals surface area contributed by atoms with E-state index in [-0.39, 0.29) is 5.82 Å². The van der Waals surface area contributed by atoms with Crippen LogP contribution in [-0.2, 0) is 17.8 Å². The SMILES string of the molecule is Fc1cnc2c(c1)COCC2. The number of rotatable bonds is 0. The Hall–Kier alpha value is -0.960. The van der Waals surface area contributed by atoms with Crippen molar-refractivity contribution in [1.82, 2.24) is 4.98 Å². The molecule has 2 nitrogen and oxygen atoms in total. The van der Waals surface area contributed by atoms with Crippen LogP contribution >= 0.6 is 0 Å². The van der Waals surface area contributed by atoms with Gasteiger partial charge in [-0.3, -0.25) is 4.98 Å². The van der Waals surface area contributed by atoms with E-state index in [4.69, 9.17) is 4.74 Å². The Balaban J connectivity index is 2.43. The van der Waals surface area contributed by atoms with Gasteiger partial charge in [-0.1, -0.05) is 0 Å². The van der Waals surface area contributed by atoms with Crippen molar-refractivity contribution in [3.63, 3.8) is 0 Å². The molecular formula is C8H8FNO. The Kier molecular flexibility index (Phi) is 1.58. The van der Waals surface area contributed by atoms with Gasteiger partial charge in [0.05, 0.1) is 19.4 Å². The smallest absolute Gasteiger partial charge is 0.141 e. The van der Waals surface area contributed by atoms with Gasteiger partial charge in [-0.05, 0) is 6.07 Å². The summed E-state index contributed by atoms with van der Waals surface area (Å²) in [6.07, 6.45) is 2.06. The van der Waals surface area contributed by atoms with Crippen LogP contribution in [0, 0.1) is 5.82 Å². The van der Waals surface area contributed by atoms with Crippen LogP contribution < -0.4 is 0 Å². The summed E-state index contributed by atoms with van der Waals surface area (Å²) in [6.45, 7) is 1.20. The predicted molar refractivity (Wildman–Crippen MR) is 37.6 cm³/mol. The topological polar surface area (TPSA) is 22.1 Å². The molecule has 0 aromatic carbocycles. The molecule has 3 heteroatoms. The quantitative estimate of drug-likeness (QED) is 0.560. The number of nitrogens with zero attached hydrogens (tertiary/aromatic N) is 1. The van der Waals surface area contributed by atoms with Crippen LogP contribution in [0.3, 0.4) is 0 Å². The largest absolute Gasteiger partial charge is 0.376 e. The van der Waals surface area contributed by atoms with Crippen molar-refractivity contribution < 1.29 is 9.13 Å². The molecule has 0 atom stereocenters. The molecule has 2 rings (SSSR count). The van der Waals surface area contributed by atoms with Crippen LogP contribution in [0.4, 0.5) is 4.39 Å². The third-order valence-corrected chi connectivity index (χ3v) is 1.77. The minimum Gasteiger partial charge on any atom is -0.376 e. The lowest BCUT2D eigenvalue weighted by atomic mass is 10.1. The second kappa shape index (κ2) is 2.58. The van der Waals surface area contributed by atoms with E-state index in [1.54, 1.807) is 0 Å². The van der Waals surface area contributed by atoms with Crippen molar-refractivity contribution in [1.29, 1.82) is 0 Å². The number of ether oxygens (including phenoxy) is 1. The highest BCUT2D eigenvalue weighted by atomic mass is 19.1. The van der Waals surface area contributed by atoms with Gasteiger partial charge in [0.1, 0.15) is 5.82 Å². The Morgan fingerprint density at radius 2 is 2.45 bits per heavy atom. The highest BCUT2D eigenvalue weighted by Crippen LogP contribution is 2.14. The van der Waals surface area contributed by atoms with E-state index in [0.717, 1.165) is 17.7 Å². The zero-order valence-electron chi connectivity index (χ0n) is 6.01. The van der Waals surface area contributed by atoms with Gasteiger partial charge in [0.15, 0.2) is 0 Å². The van der Waals surface area contributed by atoms with Crippen molar-refractivity contribution >= 4 is 0 Å². The van der Waals surface area contributed by atoms with Gasteiger partial charge in [-0.2, -0.15) is 0 Å². The molecule has 0 radical (unpaired) electrons. The summed E-state index contributed by atoms with van der Waals surface area (Å²) in [5, 5.41) is 0. The molecule has 11 heavy (non-hydrogen) atoms.